The van der Waals surface area contributed by atoms with Crippen LogP contribution in [0.15, 0.2) is 47.4 Å². The lowest BCUT2D eigenvalue weighted by Gasteiger charge is -2.17. The van der Waals surface area contributed by atoms with Gasteiger partial charge in [-0.25, -0.2) is 4.98 Å². The SMILES string of the molecule is O=C(c1ccsc1)N1CC[C@H](n2cnc3ccccc32)C1. The molecule has 0 saturated carbocycles. The molecule has 3 heterocycles. The van der Waals surface area contributed by atoms with Crippen molar-refractivity contribution in [2.75, 3.05) is 13.1 Å². The Morgan fingerprint density at radius 1 is 1.29 bits per heavy atom. The number of rotatable bonds is 2. The van der Waals surface area contributed by atoms with Crippen LogP contribution in [0.2, 0.25) is 0 Å². The van der Waals surface area contributed by atoms with Gasteiger partial charge in [-0.1, -0.05) is 12.1 Å². The van der Waals surface area contributed by atoms with E-state index in [9.17, 15) is 4.79 Å². The maximum atomic E-state index is 12.4. The Morgan fingerprint density at radius 3 is 3.05 bits per heavy atom. The normalized spacial score (nSPS) is 18.5. The van der Waals surface area contributed by atoms with E-state index in [4.69, 9.17) is 0 Å². The second kappa shape index (κ2) is 5.00. The van der Waals surface area contributed by atoms with Crippen LogP contribution in [-0.2, 0) is 0 Å². The Balaban J connectivity index is 1.58. The first-order valence-corrected chi connectivity index (χ1v) is 8.00. The van der Waals surface area contributed by atoms with Crippen molar-refractivity contribution in [3.63, 3.8) is 0 Å². The van der Waals surface area contributed by atoms with Crippen LogP contribution in [0.3, 0.4) is 0 Å². The van der Waals surface area contributed by atoms with Crippen molar-refractivity contribution >= 4 is 28.3 Å². The van der Waals surface area contributed by atoms with Gasteiger partial charge in [0.1, 0.15) is 0 Å². The topological polar surface area (TPSA) is 38.1 Å². The Morgan fingerprint density at radius 2 is 2.19 bits per heavy atom. The van der Waals surface area contributed by atoms with Gasteiger partial charge in [-0.15, -0.1) is 0 Å². The monoisotopic (exact) mass is 297 g/mol. The molecule has 1 amide bonds. The average Bonchev–Trinajstić information content (AvgIpc) is 3.25. The van der Waals surface area contributed by atoms with Crippen molar-refractivity contribution in [3.8, 4) is 0 Å². The molecule has 1 saturated heterocycles. The lowest BCUT2D eigenvalue weighted by atomic mass is 10.2. The molecule has 0 unspecified atom stereocenters. The molecule has 21 heavy (non-hydrogen) atoms. The van der Waals surface area contributed by atoms with Crippen LogP contribution in [0.25, 0.3) is 11.0 Å². The van der Waals surface area contributed by atoms with Gasteiger partial charge in [0.05, 0.1) is 29.0 Å². The van der Waals surface area contributed by atoms with Gasteiger partial charge >= 0.3 is 0 Å². The summed E-state index contributed by atoms with van der Waals surface area (Å²) >= 11 is 1.56. The number of carbonyl (C=O) groups excluding carboxylic acids is 1. The molecule has 1 aromatic carbocycles. The number of amides is 1. The van der Waals surface area contributed by atoms with E-state index < -0.39 is 0 Å². The van der Waals surface area contributed by atoms with Gasteiger partial charge in [0.25, 0.3) is 5.91 Å². The maximum Gasteiger partial charge on any atom is 0.254 e. The third kappa shape index (κ3) is 2.14. The summed E-state index contributed by atoms with van der Waals surface area (Å²) in [4.78, 5) is 18.8. The predicted octanol–water partition coefficient (Wildman–Crippen LogP) is 3.19. The number of para-hydroxylation sites is 2. The van der Waals surface area contributed by atoms with Crippen molar-refractivity contribution in [2.24, 2.45) is 0 Å². The molecule has 0 N–H and O–H groups in total. The zero-order chi connectivity index (χ0) is 14.2. The second-order valence-corrected chi connectivity index (χ2v) is 6.13. The number of nitrogens with zero attached hydrogens (tertiary/aromatic N) is 3. The Labute approximate surface area is 126 Å². The van der Waals surface area contributed by atoms with Gasteiger partial charge in [-0.3, -0.25) is 4.79 Å². The number of thiophene rings is 1. The predicted molar refractivity (Wildman–Crippen MR) is 83.6 cm³/mol. The van der Waals surface area contributed by atoms with E-state index in [-0.39, 0.29) is 5.91 Å². The third-order valence-electron chi connectivity index (χ3n) is 4.09. The number of hydrogen-bond acceptors (Lipinski definition) is 3. The van der Waals surface area contributed by atoms with Crippen LogP contribution in [0.5, 0.6) is 0 Å². The fourth-order valence-corrected chi connectivity index (χ4v) is 3.62. The third-order valence-corrected chi connectivity index (χ3v) is 4.78. The molecular weight excluding hydrogens is 282 g/mol. The fraction of sp³-hybridized carbons (Fsp3) is 0.250. The molecule has 0 spiro atoms. The zero-order valence-corrected chi connectivity index (χ0v) is 12.3. The summed E-state index contributed by atoms with van der Waals surface area (Å²) < 4.78 is 2.20. The number of fused-ring (bicyclic) bond motifs is 1. The number of carbonyl (C=O) groups is 1. The minimum absolute atomic E-state index is 0.142. The van der Waals surface area contributed by atoms with E-state index in [1.807, 2.05) is 46.3 Å². The van der Waals surface area contributed by atoms with Crippen molar-refractivity contribution in [1.29, 1.82) is 0 Å². The highest BCUT2D eigenvalue weighted by Gasteiger charge is 2.28. The molecule has 4 rings (SSSR count). The minimum Gasteiger partial charge on any atom is -0.336 e. The number of benzene rings is 1. The number of aromatic nitrogens is 2. The number of imidazole rings is 1. The van der Waals surface area contributed by atoms with Gasteiger partial charge in [0.2, 0.25) is 0 Å². The summed E-state index contributed by atoms with van der Waals surface area (Å²) in [5.74, 6) is 0.142. The first kappa shape index (κ1) is 12.6. The molecule has 0 bridgehead atoms. The lowest BCUT2D eigenvalue weighted by molar-refractivity contribution is 0.0788. The van der Waals surface area contributed by atoms with Crippen LogP contribution in [0.4, 0.5) is 0 Å². The fourth-order valence-electron chi connectivity index (χ4n) is 2.99. The summed E-state index contributed by atoms with van der Waals surface area (Å²) in [6.45, 7) is 1.57. The molecule has 106 valence electrons. The van der Waals surface area contributed by atoms with E-state index in [1.165, 1.54) is 0 Å². The molecule has 1 aliphatic rings. The van der Waals surface area contributed by atoms with E-state index in [1.54, 1.807) is 11.3 Å². The highest BCUT2D eigenvalue weighted by atomic mass is 32.1. The van der Waals surface area contributed by atoms with Crippen LogP contribution in [0.1, 0.15) is 22.8 Å². The lowest BCUT2D eigenvalue weighted by Crippen LogP contribution is -2.28. The molecule has 0 aliphatic carbocycles. The molecule has 4 nitrogen and oxygen atoms in total. The first-order valence-electron chi connectivity index (χ1n) is 7.06. The van der Waals surface area contributed by atoms with Crippen LogP contribution < -0.4 is 0 Å². The summed E-state index contributed by atoms with van der Waals surface area (Å²) in [6, 6.07) is 10.4. The summed E-state index contributed by atoms with van der Waals surface area (Å²) in [7, 11) is 0. The van der Waals surface area contributed by atoms with Gasteiger partial charge in [0, 0.05) is 18.5 Å². The Bertz CT molecular complexity index is 778. The zero-order valence-electron chi connectivity index (χ0n) is 11.5. The van der Waals surface area contributed by atoms with Gasteiger partial charge in [0.15, 0.2) is 0 Å². The summed E-state index contributed by atoms with van der Waals surface area (Å²) in [5, 5.41) is 3.87. The quantitative estimate of drug-likeness (QED) is 0.728. The van der Waals surface area contributed by atoms with Crippen molar-refractivity contribution < 1.29 is 4.79 Å². The smallest absolute Gasteiger partial charge is 0.254 e. The maximum absolute atomic E-state index is 12.4. The standard InChI is InChI=1S/C16H15N3OS/c20-16(12-6-8-21-10-12)18-7-5-13(9-18)19-11-17-14-3-1-2-4-15(14)19/h1-4,6,8,10-11,13H,5,7,9H2/t13-/m0/s1. The molecule has 2 aromatic heterocycles. The van der Waals surface area contributed by atoms with E-state index in [2.05, 4.69) is 15.6 Å². The summed E-state index contributed by atoms with van der Waals surface area (Å²) in [5.41, 5.74) is 2.96. The largest absolute Gasteiger partial charge is 0.336 e. The Kier molecular flexibility index (Phi) is 3.00. The van der Waals surface area contributed by atoms with Crippen molar-refractivity contribution in [1.82, 2.24) is 14.5 Å². The molecule has 3 aromatic rings. The van der Waals surface area contributed by atoms with Gasteiger partial charge in [-0.2, -0.15) is 11.3 Å². The molecule has 0 radical (unpaired) electrons. The van der Waals surface area contributed by atoms with Crippen LogP contribution >= 0.6 is 11.3 Å². The highest BCUT2D eigenvalue weighted by Crippen LogP contribution is 2.27. The van der Waals surface area contributed by atoms with Crippen molar-refractivity contribution in [2.45, 2.75) is 12.5 Å². The molecular formula is C16H15N3OS. The van der Waals surface area contributed by atoms with E-state index in [0.29, 0.717) is 6.04 Å². The average molecular weight is 297 g/mol. The van der Waals surface area contributed by atoms with Gasteiger partial charge < -0.3 is 9.47 Å². The van der Waals surface area contributed by atoms with Gasteiger partial charge in [-0.05, 0) is 30.0 Å². The number of likely N-dealkylation sites (tertiary alicyclic amines) is 1. The van der Waals surface area contributed by atoms with E-state index >= 15 is 0 Å². The molecule has 1 aliphatic heterocycles. The van der Waals surface area contributed by atoms with E-state index in [0.717, 1.165) is 36.1 Å². The molecule has 1 atom stereocenters. The summed E-state index contributed by atoms with van der Waals surface area (Å²) in [6.07, 6.45) is 2.88. The Hall–Kier alpha value is -2.14. The molecule has 5 heteroatoms. The van der Waals surface area contributed by atoms with Crippen molar-refractivity contribution in [3.05, 3.63) is 53.0 Å². The first-order chi connectivity index (χ1) is 10.3. The van der Waals surface area contributed by atoms with Crippen LogP contribution in [0, 0.1) is 0 Å². The number of hydrogen-bond donors (Lipinski definition) is 0. The minimum atomic E-state index is 0.142. The second-order valence-electron chi connectivity index (χ2n) is 5.35. The highest BCUT2D eigenvalue weighted by molar-refractivity contribution is 7.08. The van der Waals surface area contributed by atoms with Crippen LogP contribution in [-0.4, -0.2) is 33.4 Å². The molecule has 1 fully saturated rings.